The Hall–Kier alpha value is -1.65. The molecule has 2 aromatic carbocycles. The molecule has 0 aromatic heterocycles. The third-order valence-electron chi connectivity index (χ3n) is 7.97. The second-order valence-electron chi connectivity index (χ2n) is 11.2. The Bertz CT molecular complexity index is 1210. The molecule has 2 atom stereocenters. The van der Waals surface area contributed by atoms with Gasteiger partial charge in [0.15, 0.2) is 9.84 Å². The Morgan fingerprint density at radius 3 is 2.36 bits per heavy atom. The van der Waals surface area contributed by atoms with Crippen LogP contribution in [0.4, 0.5) is 11.4 Å². The summed E-state index contributed by atoms with van der Waals surface area (Å²) in [4.78, 5) is 14.8. The van der Waals surface area contributed by atoms with Gasteiger partial charge in [0, 0.05) is 43.2 Å². The molecule has 0 saturated carbocycles. The lowest BCUT2D eigenvalue weighted by molar-refractivity contribution is -0.116. The lowest BCUT2D eigenvalue weighted by atomic mass is 9.68. The Morgan fingerprint density at radius 1 is 1.05 bits per heavy atom. The number of alkyl halides is 1. The second-order valence-corrected chi connectivity index (χ2v) is 14.2. The molecule has 1 amide bonds. The van der Waals surface area contributed by atoms with E-state index in [9.17, 15) is 18.3 Å². The molecule has 1 aliphatic heterocycles. The van der Waals surface area contributed by atoms with E-state index in [1.54, 1.807) is 6.07 Å². The summed E-state index contributed by atoms with van der Waals surface area (Å²) in [6, 6.07) is 13.1. The van der Waals surface area contributed by atoms with Crippen LogP contribution >= 0.6 is 22.6 Å². The third kappa shape index (κ3) is 7.76. The van der Waals surface area contributed by atoms with Gasteiger partial charge in [-0.1, -0.05) is 74.3 Å². The molecule has 216 valence electrons. The van der Waals surface area contributed by atoms with E-state index in [0.29, 0.717) is 35.4 Å². The summed E-state index contributed by atoms with van der Waals surface area (Å²) in [6.07, 6.45) is 6.30. The first-order chi connectivity index (χ1) is 18.6. The standard InChI is InChI=1S/C31H45IN2O4S/c1-5-7-17-31(18-8-6-2)22-39(37,38)27-16-15-25(34(3)4)21-26(27)29(30(31)36)23-12-11-13-24(20-23)33-28(35)14-9-10-19-32/h11-13,15-16,20-21,29-30,36H,5-10,14,17-19,22H2,1-4H3,(H,33,35)/t29-,30-/m1/s1. The Balaban J connectivity index is 2.18. The van der Waals surface area contributed by atoms with Crippen molar-refractivity contribution in [2.75, 3.05) is 34.5 Å². The summed E-state index contributed by atoms with van der Waals surface area (Å²) in [6.45, 7) is 4.21. The maximum atomic E-state index is 14.0. The van der Waals surface area contributed by atoms with E-state index in [1.807, 2.05) is 55.4 Å². The number of nitrogens with zero attached hydrogens (tertiary/aromatic N) is 1. The summed E-state index contributed by atoms with van der Waals surface area (Å²) in [5, 5.41) is 15.3. The number of sulfone groups is 1. The molecule has 0 spiro atoms. The van der Waals surface area contributed by atoms with Gasteiger partial charge in [0.1, 0.15) is 0 Å². The monoisotopic (exact) mass is 668 g/mol. The number of anilines is 2. The smallest absolute Gasteiger partial charge is 0.224 e. The number of benzene rings is 2. The molecule has 0 bridgehead atoms. The molecule has 3 rings (SSSR count). The molecule has 1 aliphatic rings. The van der Waals surface area contributed by atoms with E-state index < -0.39 is 27.3 Å². The highest BCUT2D eigenvalue weighted by Gasteiger charge is 2.49. The summed E-state index contributed by atoms with van der Waals surface area (Å²) >= 11 is 2.32. The molecule has 6 nitrogen and oxygen atoms in total. The summed E-state index contributed by atoms with van der Waals surface area (Å²) in [5.41, 5.74) is 2.25. The fraction of sp³-hybridized carbons (Fsp3) is 0.581. The van der Waals surface area contributed by atoms with Gasteiger partial charge in [0.2, 0.25) is 5.91 Å². The molecule has 2 aromatic rings. The van der Waals surface area contributed by atoms with Crippen LogP contribution in [0.3, 0.4) is 0 Å². The molecule has 8 heteroatoms. The highest BCUT2D eigenvalue weighted by Crippen LogP contribution is 2.50. The van der Waals surface area contributed by atoms with Gasteiger partial charge >= 0.3 is 0 Å². The van der Waals surface area contributed by atoms with Crippen molar-refractivity contribution in [3.05, 3.63) is 53.6 Å². The number of unbranched alkanes of at least 4 members (excludes halogenated alkanes) is 3. The van der Waals surface area contributed by atoms with Crippen molar-refractivity contribution >= 4 is 49.7 Å². The number of rotatable bonds is 13. The van der Waals surface area contributed by atoms with E-state index in [2.05, 4.69) is 41.8 Å². The van der Waals surface area contributed by atoms with Gasteiger partial charge in [0.05, 0.1) is 16.8 Å². The van der Waals surface area contributed by atoms with Gasteiger partial charge in [-0.3, -0.25) is 4.79 Å². The zero-order valence-electron chi connectivity index (χ0n) is 23.9. The quantitative estimate of drug-likeness (QED) is 0.137. The predicted octanol–water partition coefficient (Wildman–Crippen LogP) is 6.94. The largest absolute Gasteiger partial charge is 0.392 e. The van der Waals surface area contributed by atoms with Crippen LogP contribution in [0, 0.1) is 5.41 Å². The third-order valence-corrected chi connectivity index (χ3v) is 10.7. The number of amides is 1. The zero-order chi connectivity index (χ0) is 28.6. The Morgan fingerprint density at radius 2 is 1.74 bits per heavy atom. The van der Waals surface area contributed by atoms with Crippen molar-refractivity contribution in [2.45, 2.75) is 88.6 Å². The second kappa shape index (κ2) is 14.3. The van der Waals surface area contributed by atoms with Gasteiger partial charge < -0.3 is 15.3 Å². The molecule has 0 aliphatic carbocycles. The van der Waals surface area contributed by atoms with Crippen LogP contribution in [0.5, 0.6) is 0 Å². The minimum absolute atomic E-state index is 0.0310. The van der Waals surface area contributed by atoms with Crippen LogP contribution in [0.15, 0.2) is 47.4 Å². The molecule has 0 radical (unpaired) electrons. The SMILES string of the molecule is CCCCC1(CCCC)CS(=O)(=O)c2ccc(N(C)C)cc2[C@@H](c2cccc(NC(=O)CCCCI)c2)[C@H]1O. The molecular formula is C31H45IN2O4S. The normalized spacial score (nSPS) is 19.6. The molecular weight excluding hydrogens is 623 g/mol. The molecule has 2 N–H and O–H groups in total. The molecule has 0 saturated heterocycles. The maximum absolute atomic E-state index is 14.0. The topological polar surface area (TPSA) is 86.7 Å². The summed E-state index contributed by atoms with van der Waals surface area (Å²) < 4.78 is 29.0. The van der Waals surface area contributed by atoms with Crippen LogP contribution < -0.4 is 10.2 Å². The average Bonchev–Trinajstić information content (AvgIpc) is 2.97. The molecule has 0 fully saturated rings. The fourth-order valence-electron chi connectivity index (χ4n) is 5.80. The van der Waals surface area contributed by atoms with Gasteiger partial charge in [0.25, 0.3) is 0 Å². The summed E-state index contributed by atoms with van der Waals surface area (Å²) in [7, 11) is 0.206. The van der Waals surface area contributed by atoms with Gasteiger partial charge in [-0.05, 0) is 71.6 Å². The number of aliphatic hydroxyl groups is 1. The first-order valence-corrected chi connectivity index (χ1v) is 17.4. The van der Waals surface area contributed by atoms with E-state index in [1.165, 1.54) is 0 Å². The van der Waals surface area contributed by atoms with Crippen molar-refractivity contribution in [1.29, 1.82) is 0 Å². The Labute approximate surface area is 249 Å². The van der Waals surface area contributed by atoms with Crippen molar-refractivity contribution in [3.8, 4) is 0 Å². The first kappa shape index (κ1) is 31.9. The fourth-order valence-corrected chi connectivity index (χ4v) is 8.54. The number of aliphatic hydroxyl groups excluding tert-OH is 1. The van der Waals surface area contributed by atoms with E-state index >= 15 is 0 Å². The van der Waals surface area contributed by atoms with Crippen molar-refractivity contribution in [3.63, 3.8) is 0 Å². The number of fused-ring (bicyclic) bond motifs is 1. The van der Waals surface area contributed by atoms with E-state index in [0.717, 1.165) is 54.2 Å². The lowest BCUT2D eigenvalue weighted by Crippen LogP contribution is -2.43. The highest BCUT2D eigenvalue weighted by atomic mass is 127. The van der Waals surface area contributed by atoms with Gasteiger partial charge in [-0.25, -0.2) is 8.42 Å². The van der Waals surface area contributed by atoms with Crippen molar-refractivity contribution in [2.24, 2.45) is 5.41 Å². The first-order valence-electron chi connectivity index (χ1n) is 14.3. The molecule has 39 heavy (non-hydrogen) atoms. The summed E-state index contributed by atoms with van der Waals surface area (Å²) in [5.74, 6) is -0.627. The minimum atomic E-state index is -3.65. The number of halogens is 1. The van der Waals surface area contributed by atoms with Crippen molar-refractivity contribution in [1.82, 2.24) is 0 Å². The number of hydrogen-bond donors (Lipinski definition) is 2. The number of carbonyl (C=O) groups is 1. The molecule has 0 unspecified atom stereocenters. The molecule has 1 heterocycles. The number of carbonyl (C=O) groups excluding carboxylic acids is 1. The lowest BCUT2D eigenvalue weighted by Gasteiger charge is -2.40. The minimum Gasteiger partial charge on any atom is -0.392 e. The van der Waals surface area contributed by atoms with Gasteiger partial charge in [-0.15, -0.1) is 0 Å². The maximum Gasteiger partial charge on any atom is 0.224 e. The van der Waals surface area contributed by atoms with Crippen LogP contribution in [0.25, 0.3) is 0 Å². The zero-order valence-corrected chi connectivity index (χ0v) is 26.9. The van der Waals surface area contributed by atoms with E-state index in [4.69, 9.17) is 0 Å². The van der Waals surface area contributed by atoms with Crippen LogP contribution in [0.2, 0.25) is 0 Å². The average molecular weight is 669 g/mol. The van der Waals surface area contributed by atoms with Crippen LogP contribution in [-0.2, 0) is 14.6 Å². The van der Waals surface area contributed by atoms with Gasteiger partial charge in [-0.2, -0.15) is 0 Å². The van der Waals surface area contributed by atoms with Crippen LogP contribution in [-0.4, -0.2) is 49.8 Å². The highest BCUT2D eigenvalue weighted by molar-refractivity contribution is 14.1. The predicted molar refractivity (Wildman–Crippen MR) is 170 cm³/mol. The Kier molecular flexibility index (Phi) is 11.7. The van der Waals surface area contributed by atoms with Crippen molar-refractivity contribution < 1.29 is 18.3 Å². The van der Waals surface area contributed by atoms with Crippen LogP contribution in [0.1, 0.15) is 88.7 Å². The van der Waals surface area contributed by atoms with E-state index in [-0.39, 0.29) is 11.7 Å². The number of nitrogens with one attached hydrogen (secondary N) is 1. The number of hydrogen-bond acceptors (Lipinski definition) is 5.